The van der Waals surface area contributed by atoms with Gasteiger partial charge < -0.3 is 20.5 Å². The second-order valence-corrected chi connectivity index (χ2v) is 6.57. The van der Waals surface area contributed by atoms with Crippen molar-refractivity contribution in [2.24, 2.45) is 0 Å². The Kier molecular flexibility index (Phi) is 5.74. The lowest BCUT2D eigenvalue weighted by Crippen LogP contribution is -2.26. The van der Waals surface area contributed by atoms with Gasteiger partial charge in [0, 0.05) is 28.1 Å². The normalized spacial score (nSPS) is 10.3. The van der Waals surface area contributed by atoms with Gasteiger partial charge in [0.2, 0.25) is 0 Å². The number of carboxylic acids is 1. The summed E-state index contributed by atoms with van der Waals surface area (Å²) < 4.78 is 0. The number of carbonyl (C=O) groups is 3. The van der Waals surface area contributed by atoms with Crippen LogP contribution < -0.4 is 15.7 Å². The lowest BCUT2D eigenvalue weighted by atomic mass is 10.1. The van der Waals surface area contributed by atoms with E-state index in [0.717, 1.165) is 11.1 Å². The van der Waals surface area contributed by atoms with Crippen molar-refractivity contribution in [1.82, 2.24) is 0 Å². The Balaban J connectivity index is 1.79. The average molecular weight is 387 g/mol. The van der Waals surface area contributed by atoms with Crippen LogP contribution in [0.4, 0.5) is 11.4 Å². The molecule has 146 valence electrons. The molecule has 0 aliphatic carbocycles. The Labute approximate surface area is 168 Å². The number of hydrogen-bond acceptors (Lipinski definition) is 4. The zero-order valence-electron chi connectivity index (χ0n) is 16.0. The molecule has 0 aliphatic rings. The first kappa shape index (κ1) is 19.8. The molecule has 2 amide bonds. The number of nitrogens with one attached hydrogen (secondary N) is 2. The van der Waals surface area contributed by atoms with Crippen molar-refractivity contribution < 1.29 is 19.5 Å². The number of aryl methyl sites for hydroxylation is 1. The van der Waals surface area contributed by atoms with Crippen LogP contribution in [0, 0.1) is 13.8 Å². The van der Waals surface area contributed by atoms with E-state index in [1.807, 2.05) is 32.0 Å². The molecule has 0 radical (unpaired) electrons. The number of carbonyl (C=O) groups excluding carboxylic acids is 3. The van der Waals surface area contributed by atoms with E-state index >= 15 is 0 Å². The molecule has 0 aromatic heterocycles. The standard InChI is InChI=1S/C23H20N2O4/c1-14-7-5-12-20(15(14)2)25-21(26)16-8-6-9-17(13-16)24-22(27)18-10-3-4-11-19(18)23(28)29/h3-13H,1-2H3,(H,24,27)(H,25,26)(H,28,29)/p-1. The van der Waals surface area contributed by atoms with Gasteiger partial charge in [-0.3, -0.25) is 9.59 Å². The minimum atomic E-state index is -1.43. The molecular formula is C23H19N2O4-. The van der Waals surface area contributed by atoms with Crippen LogP contribution in [0.1, 0.15) is 42.2 Å². The third-order valence-electron chi connectivity index (χ3n) is 4.63. The molecule has 0 fully saturated rings. The predicted octanol–water partition coefficient (Wildman–Crippen LogP) is 3.17. The van der Waals surface area contributed by atoms with Gasteiger partial charge in [-0.15, -0.1) is 0 Å². The Bertz CT molecular complexity index is 1110. The van der Waals surface area contributed by atoms with Gasteiger partial charge in [-0.2, -0.15) is 0 Å². The SMILES string of the molecule is Cc1cccc(NC(=O)c2cccc(NC(=O)c3ccccc3C(=O)[O-])c2)c1C. The number of benzene rings is 3. The third kappa shape index (κ3) is 4.50. The largest absolute Gasteiger partial charge is 0.545 e. The maximum absolute atomic E-state index is 12.6. The highest BCUT2D eigenvalue weighted by atomic mass is 16.4. The molecule has 6 nitrogen and oxygen atoms in total. The second kappa shape index (κ2) is 8.39. The maximum Gasteiger partial charge on any atom is 0.256 e. The Morgan fingerprint density at radius 1 is 0.759 bits per heavy atom. The summed E-state index contributed by atoms with van der Waals surface area (Å²) in [6.45, 7) is 3.89. The zero-order valence-corrected chi connectivity index (χ0v) is 16.0. The first-order chi connectivity index (χ1) is 13.9. The van der Waals surface area contributed by atoms with E-state index in [-0.39, 0.29) is 17.0 Å². The lowest BCUT2D eigenvalue weighted by molar-refractivity contribution is -0.255. The van der Waals surface area contributed by atoms with Gasteiger partial charge in [-0.05, 0) is 55.3 Å². The molecule has 29 heavy (non-hydrogen) atoms. The van der Waals surface area contributed by atoms with E-state index in [1.165, 1.54) is 24.3 Å². The highest BCUT2D eigenvalue weighted by molar-refractivity contribution is 6.11. The van der Waals surface area contributed by atoms with Gasteiger partial charge in [0.1, 0.15) is 0 Å². The molecule has 3 rings (SSSR count). The monoisotopic (exact) mass is 387 g/mol. The fourth-order valence-corrected chi connectivity index (χ4v) is 2.88. The second-order valence-electron chi connectivity index (χ2n) is 6.57. The van der Waals surface area contributed by atoms with E-state index in [0.29, 0.717) is 16.9 Å². The van der Waals surface area contributed by atoms with Crippen molar-refractivity contribution in [1.29, 1.82) is 0 Å². The van der Waals surface area contributed by atoms with Crippen molar-refractivity contribution >= 4 is 29.2 Å². The Morgan fingerprint density at radius 2 is 1.45 bits per heavy atom. The molecule has 0 unspecified atom stereocenters. The molecular weight excluding hydrogens is 368 g/mol. The number of amides is 2. The van der Waals surface area contributed by atoms with Crippen molar-refractivity contribution in [3.05, 3.63) is 94.5 Å². The summed E-state index contributed by atoms with van der Waals surface area (Å²) in [7, 11) is 0. The Hall–Kier alpha value is -3.93. The smallest absolute Gasteiger partial charge is 0.256 e. The quantitative estimate of drug-likeness (QED) is 0.702. The van der Waals surface area contributed by atoms with Gasteiger partial charge in [0.05, 0.1) is 5.97 Å². The van der Waals surface area contributed by atoms with E-state index in [4.69, 9.17) is 0 Å². The van der Waals surface area contributed by atoms with E-state index in [1.54, 1.807) is 24.3 Å². The van der Waals surface area contributed by atoms with Crippen molar-refractivity contribution in [2.75, 3.05) is 10.6 Å². The molecule has 0 saturated heterocycles. The fourth-order valence-electron chi connectivity index (χ4n) is 2.88. The van der Waals surface area contributed by atoms with E-state index < -0.39 is 11.9 Å². The molecule has 0 bridgehead atoms. The van der Waals surface area contributed by atoms with Crippen LogP contribution in [0.15, 0.2) is 66.7 Å². The highest BCUT2D eigenvalue weighted by Gasteiger charge is 2.14. The van der Waals surface area contributed by atoms with Crippen molar-refractivity contribution in [2.45, 2.75) is 13.8 Å². The fraction of sp³-hybridized carbons (Fsp3) is 0.0870. The molecule has 3 aromatic rings. The highest BCUT2D eigenvalue weighted by Crippen LogP contribution is 2.20. The van der Waals surface area contributed by atoms with Crippen LogP contribution in [0.2, 0.25) is 0 Å². The number of aromatic carboxylic acids is 1. The van der Waals surface area contributed by atoms with Crippen LogP contribution in [0.3, 0.4) is 0 Å². The molecule has 3 aromatic carbocycles. The van der Waals surface area contributed by atoms with Crippen LogP contribution >= 0.6 is 0 Å². The Morgan fingerprint density at radius 3 is 2.17 bits per heavy atom. The maximum atomic E-state index is 12.6. The summed E-state index contributed by atoms with van der Waals surface area (Å²) in [6.07, 6.45) is 0. The molecule has 6 heteroatoms. The minimum Gasteiger partial charge on any atom is -0.545 e. The molecule has 0 aliphatic heterocycles. The summed E-state index contributed by atoms with van der Waals surface area (Å²) in [5.74, 6) is -2.35. The molecule has 0 saturated carbocycles. The van der Waals surface area contributed by atoms with Gasteiger partial charge in [0.25, 0.3) is 11.8 Å². The van der Waals surface area contributed by atoms with E-state index in [9.17, 15) is 19.5 Å². The average Bonchev–Trinajstić information content (AvgIpc) is 2.71. The summed E-state index contributed by atoms with van der Waals surface area (Å²) in [6, 6.07) is 17.8. The number of hydrogen-bond donors (Lipinski definition) is 2. The molecule has 2 N–H and O–H groups in total. The first-order valence-corrected chi connectivity index (χ1v) is 8.96. The summed E-state index contributed by atoms with van der Waals surface area (Å²) in [5, 5.41) is 16.7. The summed E-state index contributed by atoms with van der Waals surface area (Å²) in [4.78, 5) is 36.3. The third-order valence-corrected chi connectivity index (χ3v) is 4.63. The van der Waals surface area contributed by atoms with Crippen LogP contribution in [-0.4, -0.2) is 17.8 Å². The van der Waals surface area contributed by atoms with Crippen molar-refractivity contribution in [3.8, 4) is 0 Å². The van der Waals surface area contributed by atoms with Gasteiger partial charge in [0.15, 0.2) is 0 Å². The van der Waals surface area contributed by atoms with Gasteiger partial charge in [-0.1, -0.05) is 36.4 Å². The number of carboxylic acid groups (broad SMARTS) is 1. The molecule has 0 heterocycles. The predicted molar refractivity (Wildman–Crippen MR) is 109 cm³/mol. The summed E-state index contributed by atoms with van der Waals surface area (Å²) >= 11 is 0. The van der Waals surface area contributed by atoms with Gasteiger partial charge >= 0.3 is 0 Å². The van der Waals surface area contributed by atoms with Crippen LogP contribution in [0.5, 0.6) is 0 Å². The van der Waals surface area contributed by atoms with E-state index in [2.05, 4.69) is 10.6 Å². The van der Waals surface area contributed by atoms with Crippen LogP contribution in [0.25, 0.3) is 0 Å². The van der Waals surface area contributed by atoms with Crippen LogP contribution in [-0.2, 0) is 0 Å². The van der Waals surface area contributed by atoms with Gasteiger partial charge in [-0.25, -0.2) is 0 Å². The number of anilines is 2. The van der Waals surface area contributed by atoms with Crippen molar-refractivity contribution in [3.63, 3.8) is 0 Å². The summed E-state index contributed by atoms with van der Waals surface area (Å²) in [5.41, 5.74) is 3.27. The first-order valence-electron chi connectivity index (χ1n) is 8.96. The number of rotatable bonds is 5. The molecule has 0 spiro atoms. The lowest BCUT2D eigenvalue weighted by Gasteiger charge is -2.12. The topological polar surface area (TPSA) is 98.3 Å². The minimum absolute atomic E-state index is 0.0160. The molecule has 0 atom stereocenters. The zero-order chi connectivity index (χ0) is 21.0.